The molecule has 0 heterocycles. The van der Waals surface area contributed by atoms with E-state index in [1.807, 2.05) is 0 Å². The average molecular weight is 130 g/mol. The molecule has 0 unspecified atom stereocenters. The van der Waals surface area contributed by atoms with E-state index in [0.29, 0.717) is 5.92 Å². The minimum absolute atomic E-state index is 0.0972. The molecule has 1 saturated carbocycles. The molecule has 0 atom stereocenters. The minimum atomic E-state index is -0.106. The third-order valence-electron chi connectivity index (χ3n) is 2.84. The van der Waals surface area contributed by atoms with Crippen LogP contribution in [0.25, 0.3) is 0 Å². The number of rotatable bonds is 2. The van der Waals surface area contributed by atoms with Crippen LogP contribution in [0.2, 0.25) is 0 Å². The number of alkyl halides is 1. The molecule has 1 aliphatic rings. The Morgan fingerprint density at radius 3 is 2.00 bits per heavy atom. The second-order valence-electron chi connectivity index (χ2n) is 3.50. The zero-order chi connectivity index (χ0) is 6.91. The summed E-state index contributed by atoms with van der Waals surface area (Å²) >= 11 is 0. The van der Waals surface area contributed by atoms with Gasteiger partial charge >= 0.3 is 0 Å². The topological polar surface area (TPSA) is 0 Å². The highest BCUT2D eigenvalue weighted by Crippen LogP contribution is 2.47. The molecular weight excluding hydrogens is 115 g/mol. The fourth-order valence-electron chi connectivity index (χ4n) is 1.50. The van der Waals surface area contributed by atoms with E-state index in [1.165, 1.54) is 6.42 Å². The summed E-state index contributed by atoms with van der Waals surface area (Å²) in [6.07, 6.45) is 3.46. The minimum Gasteiger partial charge on any atom is -0.250 e. The van der Waals surface area contributed by atoms with E-state index in [9.17, 15) is 4.39 Å². The van der Waals surface area contributed by atoms with Crippen molar-refractivity contribution in [3.8, 4) is 0 Å². The molecule has 0 aliphatic heterocycles. The zero-order valence-electron chi connectivity index (χ0n) is 6.28. The lowest BCUT2D eigenvalue weighted by atomic mass is 9.63. The maximum Gasteiger partial charge on any atom is 0.0953 e. The van der Waals surface area contributed by atoms with Gasteiger partial charge in [0.1, 0.15) is 0 Å². The molecular formula is C8H15F. The Morgan fingerprint density at radius 1 is 1.44 bits per heavy atom. The fourth-order valence-corrected chi connectivity index (χ4v) is 1.50. The highest BCUT2D eigenvalue weighted by atomic mass is 19.1. The van der Waals surface area contributed by atoms with Gasteiger partial charge in [-0.2, -0.15) is 0 Å². The summed E-state index contributed by atoms with van der Waals surface area (Å²) in [4.78, 5) is 0. The van der Waals surface area contributed by atoms with Crippen LogP contribution < -0.4 is 0 Å². The van der Waals surface area contributed by atoms with Gasteiger partial charge in [0.05, 0.1) is 6.67 Å². The van der Waals surface area contributed by atoms with E-state index in [-0.39, 0.29) is 12.1 Å². The molecule has 1 aliphatic carbocycles. The van der Waals surface area contributed by atoms with Crippen LogP contribution in [0.15, 0.2) is 0 Å². The van der Waals surface area contributed by atoms with Gasteiger partial charge in [-0.1, -0.05) is 20.3 Å². The van der Waals surface area contributed by atoms with Gasteiger partial charge in [-0.05, 0) is 18.8 Å². The normalized spacial score (nSPS) is 24.0. The maximum absolute atomic E-state index is 12.3. The summed E-state index contributed by atoms with van der Waals surface area (Å²) in [7, 11) is 0. The van der Waals surface area contributed by atoms with E-state index in [0.717, 1.165) is 12.8 Å². The summed E-state index contributed by atoms with van der Waals surface area (Å²) in [5.41, 5.74) is 0.0972. The molecule has 0 bridgehead atoms. The monoisotopic (exact) mass is 130 g/mol. The predicted molar refractivity (Wildman–Crippen MR) is 37.1 cm³/mol. The molecule has 0 spiro atoms. The van der Waals surface area contributed by atoms with Crippen LogP contribution in [0.3, 0.4) is 0 Å². The number of hydrogen-bond donors (Lipinski definition) is 0. The first kappa shape index (κ1) is 7.04. The Balaban J connectivity index is 2.46. The molecule has 9 heavy (non-hydrogen) atoms. The summed E-state index contributed by atoms with van der Waals surface area (Å²) in [6, 6.07) is 0. The lowest BCUT2D eigenvalue weighted by Gasteiger charge is -2.43. The summed E-state index contributed by atoms with van der Waals surface area (Å²) in [5, 5.41) is 0. The van der Waals surface area contributed by atoms with Gasteiger partial charge in [0.2, 0.25) is 0 Å². The Morgan fingerprint density at radius 2 is 2.00 bits per heavy atom. The molecule has 0 N–H and O–H groups in total. The van der Waals surface area contributed by atoms with Gasteiger partial charge < -0.3 is 0 Å². The van der Waals surface area contributed by atoms with Crippen molar-refractivity contribution in [1.82, 2.24) is 0 Å². The summed E-state index contributed by atoms with van der Waals surface area (Å²) < 4.78 is 12.3. The average Bonchev–Trinajstić information content (AvgIpc) is 1.62. The number of hydrogen-bond acceptors (Lipinski definition) is 0. The molecule has 0 amide bonds. The molecule has 1 rings (SSSR count). The van der Waals surface area contributed by atoms with E-state index < -0.39 is 0 Å². The van der Waals surface area contributed by atoms with Crippen molar-refractivity contribution >= 4 is 0 Å². The summed E-state index contributed by atoms with van der Waals surface area (Å²) in [6.45, 7) is 4.14. The van der Waals surface area contributed by atoms with Crippen LogP contribution in [0.5, 0.6) is 0 Å². The van der Waals surface area contributed by atoms with Crippen LogP contribution >= 0.6 is 0 Å². The van der Waals surface area contributed by atoms with Crippen LogP contribution in [0.4, 0.5) is 4.39 Å². The van der Waals surface area contributed by atoms with Crippen molar-refractivity contribution in [3.63, 3.8) is 0 Å². The molecule has 1 fully saturated rings. The molecule has 0 radical (unpaired) electrons. The van der Waals surface area contributed by atoms with Gasteiger partial charge in [-0.25, -0.2) is 0 Å². The maximum atomic E-state index is 12.3. The highest BCUT2D eigenvalue weighted by molar-refractivity contribution is 4.89. The Hall–Kier alpha value is -0.0700. The first-order valence-electron chi connectivity index (χ1n) is 3.77. The molecule has 0 aromatic rings. The second kappa shape index (κ2) is 2.28. The molecule has 0 aromatic heterocycles. The van der Waals surface area contributed by atoms with Gasteiger partial charge in [0, 0.05) is 5.41 Å². The van der Waals surface area contributed by atoms with Crippen molar-refractivity contribution in [3.05, 3.63) is 0 Å². The highest BCUT2D eigenvalue weighted by Gasteiger charge is 2.39. The van der Waals surface area contributed by atoms with Crippen molar-refractivity contribution in [2.24, 2.45) is 11.3 Å². The smallest absolute Gasteiger partial charge is 0.0953 e. The van der Waals surface area contributed by atoms with Crippen molar-refractivity contribution in [2.75, 3.05) is 6.67 Å². The van der Waals surface area contributed by atoms with E-state index >= 15 is 0 Å². The Bertz CT molecular complexity index is 87.2. The van der Waals surface area contributed by atoms with Crippen molar-refractivity contribution in [1.29, 1.82) is 0 Å². The van der Waals surface area contributed by atoms with Crippen molar-refractivity contribution in [2.45, 2.75) is 33.1 Å². The van der Waals surface area contributed by atoms with Crippen molar-refractivity contribution < 1.29 is 4.39 Å². The molecule has 1 heteroatoms. The molecule has 0 aromatic carbocycles. The van der Waals surface area contributed by atoms with E-state index in [2.05, 4.69) is 13.8 Å². The second-order valence-corrected chi connectivity index (χ2v) is 3.50. The van der Waals surface area contributed by atoms with Crippen LogP contribution in [-0.2, 0) is 0 Å². The van der Waals surface area contributed by atoms with E-state index in [4.69, 9.17) is 0 Å². The van der Waals surface area contributed by atoms with Crippen LogP contribution in [0, 0.1) is 11.3 Å². The van der Waals surface area contributed by atoms with E-state index in [1.54, 1.807) is 0 Å². The molecule has 54 valence electrons. The standard InChI is InChI=1S/C8H15F/c1-7(2)8(6-9)4-3-5-8/h7H,3-6H2,1-2H3. The first-order valence-corrected chi connectivity index (χ1v) is 3.77. The van der Waals surface area contributed by atoms with Gasteiger partial charge in [0.15, 0.2) is 0 Å². The molecule has 0 nitrogen and oxygen atoms in total. The summed E-state index contributed by atoms with van der Waals surface area (Å²) in [5.74, 6) is 0.538. The number of halogens is 1. The molecule has 0 saturated heterocycles. The first-order chi connectivity index (χ1) is 4.21. The van der Waals surface area contributed by atoms with Crippen LogP contribution in [-0.4, -0.2) is 6.67 Å². The van der Waals surface area contributed by atoms with Gasteiger partial charge in [-0.15, -0.1) is 0 Å². The quantitative estimate of drug-likeness (QED) is 0.539. The fraction of sp³-hybridized carbons (Fsp3) is 1.00. The van der Waals surface area contributed by atoms with Crippen LogP contribution in [0.1, 0.15) is 33.1 Å². The zero-order valence-corrected chi connectivity index (χ0v) is 6.28. The Labute approximate surface area is 56.5 Å². The van der Waals surface area contributed by atoms with Gasteiger partial charge in [-0.3, -0.25) is 4.39 Å². The Kier molecular flexibility index (Phi) is 1.78. The largest absolute Gasteiger partial charge is 0.250 e. The third kappa shape index (κ3) is 0.973. The lowest BCUT2D eigenvalue weighted by Crippen LogP contribution is -2.36. The predicted octanol–water partition coefficient (Wildman–Crippen LogP) is 2.78. The van der Waals surface area contributed by atoms with Gasteiger partial charge in [0.25, 0.3) is 0 Å². The SMILES string of the molecule is CC(C)C1(CF)CCC1. The lowest BCUT2D eigenvalue weighted by molar-refractivity contribution is 0.0369. The third-order valence-corrected chi connectivity index (χ3v) is 2.84.